The minimum Gasteiger partial charge on any atom is -0.325 e. The van der Waals surface area contributed by atoms with Gasteiger partial charge in [-0.2, -0.15) is 0 Å². The predicted octanol–water partition coefficient (Wildman–Crippen LogP) is 3.36. The Kier molecular flexibility index (Phi) is 6.07. The van der Waals surface area contributed by atoms with Crippen molar-refractivity contribution in [2.75, 3.05) is 16.8 Å². The Balaban J connectivity index is 1.35. The van der Waals surface area contributed by atoms with E-state index < -0.39 is 17.4 Å². The molecule has 3 aromatic rings. The Hall–Kier alpha value is -4.30. The molecule has 3 aromatic carbocycles. The summed E-state index contributed by atoms with van der Waals surface area (Å²) >= 11 is 0. The molecular formula is C31H30N4O4. The largest absolute Gasteiger partial charge is 0.325 e. The van der Waals surface area contributed by atoms with Crippen molar-refractivity contribution in [2.24, 2.45) is 11.8 Å². The third-order valence-electron chi connectivity index (χ3n) is 8.22. The zero-order valence-electron chi connectivity index (χ0n) is 21.9. The minimum absolute atomic E-state index is 0.163. The molecule has 3 aliphatic heterocycles. The molecule has 6 rings (SSSR count). The van der Waals surface area contributed by atoms with Crippen molar-refractivity contribution in [3.8, 4) is 0 Å². The van der Waals surface area contributed by atoms with E-state index in [1.165, 1.54) is 9.80 Å². The number of carbonyl (C=O) groups is 4. The zero-order valence-corrected chi connectivity index (χ0v) is 21.9. The van der Waals surface area contributed by atoms with Crippen LogP contribution in [0.1, 0.15) is 30.0 Å². The Bertz CT molecular complexity index is 1470. The number of benzene rings is 3. The van der Waals surface area contributed by atoms with Gasteiger partial charge in [0.25, 0.3) is 5.91 Å². The first kappa shape index (κ1) is 25.0. The quantitative estimate of drug-likeness (QED) is 0.484. The highest BCUT2D eigenvalue weighted by atomic mass is 16.2. The molecule has 198 valence electrons. The number of imide groups is 1. The lowest BCUT2D eigenvalue weighted by Gasteiger charge is -2.30. The lowest BCUT2D eigenvalue weighted by atomic mass is 9.76. The average Bonchev–Trinajstić information content (AvgIpc) is 3.51. The summed E-state index contributed by atoms with van der Waals surface area (Å²) < 4.78 is 0. The van der Waals surface area contributed by atoms with Gasteiger partial charge in [-0.1, -0.05) is 73.2 Å². The number of amides is 4. The number of rotatable bonds is 6. The van der Waals surface area contributed by atoms with Crippen molar-refractivity contribution in [2.45, 2.75) is 38.4 Å². The number of hydrogen-bond donors (Lipinski definition) is 2. The number of fused-ring (bicyclic) bond motifs is 4. The first-order valence-corrected chi connectivity index (χ1v) is 13.3. The molecular weight excluding hydrogens is 492 g/mol. The van der Waals surface area contributed by atoms with Gasteiger partial charge >= 0.3 is 0 Å². The lowest BCUT2D eigenvalue weighted by Crippen LogP contribution is -2.55. The summed E-state index contributed by atoms with van der Waals surface area (Å²) in [7, 11) is 0. The summed E-state index contributed by atoms with van der Waals surface area (Å²) in [5.41, 5.74) is 2.35. The average molecular weight is 523 g/mol. The number of nitrogens with zero attached hydrogens (tertiary/aromatic N) is 2. The van der Waals surface area contributed by atoms with E-state index in [0.717, 1.165) is 11.1 Å². The van der Waals surface area contributed by atoms with Gasteiger partial charge in [0.1, 0.15) is 12.1 Å². The third kappa shape index (κ3) is 3.86. The molecule has 4 atom stereocenters. The maximum absolute atomic E-state index is 14.3. The highest BCUT2D eigenvalue weighted by Crippen LogP contribution is 2.55. The predicted molar refractivity (Wildman–Crippen MR) is 146 cm³/mol. The van der Waals surface area contributed by atoms with E-state index in [-0.39, 0.29) is 42.8 Å². The Morgan fingerprint density at radius 3 is 2.31 bits per heavy atom. The summed E-state index contributed by atoms with van der Waals surface area (Å²) in [5, 5.41) is 6.30. The van der Waals surface area contributed by atoms with Crippen LogP contribution in [0.2, 0.25) is 0 Å². The second-order valence-electron chi connectivity index (χ2n) is 10.5. The van der Waals surface area contributed by atoms with Crippen LogP contribution in [0.15, 0.2) is 78.9 Å². The van der Waals surface area contributed by atoms with Crippen LogP contribution in [0.25, 0.3) is 0 Å². The summed E-state index contributed by atoms with van der Waals surface area (Å²) in [6.07, 6.45) is 0.574. The van der Waals surface area contributed by atoms with Crippen LogP contribution >= 0.6 is 0 Å². The smallest absolute Gasteiger partial charge is 0.253 e. The monoisotopic (exact) mass is 522 g/mol. The molecule has 0 radical (unpaired) electrons. The number of aryl methyl sites for hydroxylation is 1. The molecule has 2 saturated heterocycles. The molecule has 0 saturated carbocycles. The molecule has 1 spiro atoms. The molecule has 2 N–H and O–H groups in total. The van der Waals surface area contributed by atoms with Crippen LogP contribution in [0.5, 0.6) is 0 Å². The number of nitrogens with one attached hydrogen (secondary N) is 2. The van der Waals surface area contributed by atoms with Crippen LogP contribution in [0.3, 0.4) is 0 Å². The molecule has 3 heterocycles. The van der Waals surface area contributed by atoms with Crippen molar-refractivity contribution in [3.05, 3.63) is 95.6 Å². The van der Waals surface area contributed by atoms with Gasteiger partial charge in [0.15, 0.2) is 0 Å². The molecule has 3 aliphatic rings. The third-order valence-corrected chi connectivity index (χ3v) is 8.22. The Morgan fingerprint density at radius 1 is 0.897 bits per heavy atom. The fourth-order valence-corrected chi connectivity index (χ4v) is 6.42. The van der Waals surface area contributed by atoms with Gasteiger partial charge < -0.3 is 10.2 Å². The van der Waals surface area contributed by atoms with E-state index in [1.54, 1.807) is 6.07 Å². The molecule has 8 heteroatoms. The topological polar surface area (TPSA) is 98.8 Å². The fourth-order valence-electron chi connectivity index (χ4n) is 6.42. The standard InChI is InChI=1S/C31H30N4O4/c1-3-23-26-27(29(38)35(28(26)37)17-20-9-5-4-6-10-20)31(33-23)22-11-7-8-12-24(22)34(30(31)39)18-25(36)32-21-15-13-19(2)14-16-21/h4-16,23,26-27,33H,3,17-18H2,1-2H3,(H,32,36)/t23-,26-,27+,31+/m1/s1. The maximum Gasteiger partial charge on any atom is 0.253 e. The highest BCUT2D eigenvalue weighted by molar-refractivity contribution is 6.17. The molecule has 2 fully saturated rings. The van der Waals surface area contributed by atoms with E-state index in [0.29, 0.717) is 23.4 Å². The summed E-state index contributed by atoms with van der Waals surface area (Å²) in [6, 6.07) is 23.7. The van der Waals surface area contributed by atoms with E-state index in [9.17, 15) is 19.2 Å². The van der Waals surface area contributed by atoms with Crippen LogP contribution in [-0.2, 0) is 31.3 Å². The molecule has 4 amide bonds. The number of likely N-dealkylation sites (tertiary alicyclic amines) is 1. The second kappa shape index (κ2) is 9.47. The number of para-hydroxylation sites is 1. The van der Waals surface area contributed by atoms with Crippen LogP contribution < -0.4 is 15.5 Å². The van der Waals surface area contributed by atoms with Crippen molar-refractivity contribution in [1.82, 2.24) is 10.2 Å². The van der Waals surface area contributed by atoms with E-state index >= 15 is 0 Å². The molecule has 39 heavy (non-hydrogen) atoms. The van der Waals surface area contributed by atoms with Gasteiger partial charge in [0.2, 0.25) is 17.7 Å². The van der Waals surface area contributed by atoms with Gasteiger partial charge in [-0.15, -0.1) is 0 Å². The lowest BCUT2D eigenvalue weighted by molar-refractivity contribution is -0.143. The maximum atomic E-state index is 14.3. The van der Waals surface area contributed by atoms with Crippen molar-refractivity contribution in [3.63, 3.8) is 0 Å². The highest BCUT2D eigenvalue weighted by Gasteiger charge is 2.71. The van der Waals surface area contributed by atoms with Gasteiger partial charge in [0.05, 0.1) is 18.4 Å². The van der Waals surface area contributed by atoms with Crippen molar-refractivity contribution >= 4 is 35.0 Å². The number of hydrogen-bond acceptors (Lipinski definition) is 5. The van der Waals surface area contributed by atoms with Crippen LogP contribution in [0, 0.1) is 18.8 Å². The van der Waals surface area contributed by atoms with Gasteiger partial charge in [-0.25, -0.2) is 0 Å². The molecule has 0 bridgehead atoms. The molecule has 8 nitrogen and oxygen atoms in total. The first-order chi connectivity index (χ1) is 18.8. The van der Waals surface area contributed by atoms with Gasteiger partial charge in [0, 0.05) is 23.0 Å². The van der Waals surface area contributed by atoms with Crippen molar-refractivity contribution < 1.29 is 19.2 Å². The van der Waals surface area contributed by atoms with E-state index in [4.69, 9.17) is 0 Å². The number of anilines is 2. The van der Waals surface area contributed by atoms with E-state index in [1.807, 2.05) is 86.6 Å². The van der Waals surface area contributed by atoms with E-state index in [2.05, 4.69) is 10.6 Å². The van der Waals surface area contributed by atoms with Crippen LogP contribution in [-0.4, -0.2) is 41.1 Å². The minimum atomic E-state index is -1.41. The molecule has 0 unspecified atom stereocenters. The Labute approximate surface area is 227 Å². The fraction of sp³-hybridized carbons (Fsp3) is 0.290. The van der Waals surface area contributed by atoms with Gasteiger partial charge in [-0.05, 0) is 37.1 Å². The summed E-state index contributed by atoms with van der Waals surface area (Å²) in [4.78, 5) is 57.9. The van der Waals surface area contributed by atoms with Gasteiger partial charge in [-0.3, -0.25) is 29.4 Å². The van der Waals surface area contributed by atoms with Crippen LogP contribution in [0.4, 0.5) is 11.4 Å². The molecule has 0 aliphatic carbocycles. The SMILES string of the molecule is CC[C@H]1N[C@]2(C(=O)N(CC(=O)Nc3ccc(C)cc3)c3ccccc32)[C@@H]2C(=O)N(Cc3ccccc3)C(=O)[C@@H]21. The van der Waals surface area contributed by atoms with Crippen molar-refractivity contribution in [1.29, 1.82) is 0 Å². The zero-order chi connectivity index (χ0) is 27.3. The normalized spacial score (nSPS) is 25.4. The first-order valence-electron chi connectivity index (χ1n) is 13.3. The summed E-state index contributed by atoms with van der Waals surface area (Å²) in [5.74, 6) is -2.89. The summed E-state index contributed by atoms with van der Waals surface area (Å²) in [6.45, 7) is 3.86. The molecule has 0 aromatic heterocycles. The Morgan fingerprint density at radius 2 is 1.59 bits per heavy atom. The number of carbonyl (C=O) groups excluding carboxylic acids is 4. The second-order valence-corrected chi connectivity index (χ2v) is 10.5.